The van der Waals surface area contributed by atoms with Gasteiger partial charge in [0.05, 0.1) is 0 Å². The van der Waals surface area contributed by atoms with E-state index in [0.29, 0.717) is 0 Å². The summed E-state index contributed by atoms with van der Waals surface area (Å²) in [4.78, 5) is -4.68. The number of nitrogens with zero attached hydrogens (tertiary/aromatic N) is 1. The molecule has 2 aliphatic heterocycles. The Morgan fingerprint density at radius 1 is 0.400 bits per heavy atom. The molecule has 2 rings (SSSR count). The molecule has 0 N–H and O–H groups in total. The van der Waals surface area contributed by atoms with Crippen molar-refractivity contribution in [2.45, 2.75) is 59.3 Å². The number of hydrogen-bond acceptors (Lipinski definition) is 1. The second kappa shape index (κ2) is 5.16. The first-order valence-electron chi connectivity index (χ1n) is 6.51. The quantitative estimate of drug-likeness (QED) is 0.312. The first-order valence-corrected chi connectivity index (χ1v) is 6.51. The first-order chi connectivity index (χ1) is 12.6. The third-order valence-electron chi connectivity index (χ3n) is 4.48. The number of halogens is 19. The molecule has 30 heavy (non-hydrogen) atoms. The highest BCUT2D eigenvalue weighted by Gasteiger charge is 3.10. The van der Waals surface area contributed by atoms with Gasteiger partial charge in [-0.2, -0.15) is 74.6 Å². The van der Waals surface area contributed by atoms with Crippen LogP contribution in [0.5, 0.6) is 0 Å². The Bertz CT molecular complexity index is 739. The summed E-state index contributed by atoms with van der Waals surface area (Å²) in [5.41, 5.74) is 0. The molecule has 2 saturated heterocycles. The molecular weight excluding hydrogens is 495 g/mol. The number of rotatable bonds is 0. The van der Waals surface area contributed by atoms with Crippen molar-refractivity contribution in [2.75, 3.05) is 0 Å². The molecule has 0 aromatic heterocycles. The minimum absolute atomic E-state index is 4.68. The van der Waals surface area contributed by atoms with Crippen LogP contribution in [-0.2, 0) is 0 Å². The van der Waals surface area contributed by atoms with Gasteiger partial charge in [-0.05, 0) is 0 Å². The van der Waals surface area contributed by atoms with Gasteiger partial charge in [-0.3, -0.25) is 0 Å². The first kappa shape index (κ1) is 24.9. The maximum atomic E-state index is 14.4. The van der Waals surface area contributed by atoms with Crippen LogP contribution >= 0.6 is 0 Å². The maximum absolute atomic E-state index is 14.4. The van der Waals surface area contributed by atoms with E-state index in [4.69, 9.17) is 0 Å². The van der Waals surface area contributed by atoms with E-state index in [2.05, 4.69) is 0 Å². The van der Waals surface area contributed by atoms with Crippen LogP contribution in [0.1, 0.15) is 0 Å². The molecule has 0 radical (unpaired) electrons. The van der Waals surface area contributed by atoms with E-state index in [0.717, 1.165) is 0 Å². The predicted molar refractivity (Wildman–Crippen MR) is 50.2 cm³/mol. The largest absolute Gasteiger partial charge is 0.443 e. The van der Waals surface area contributed by atoms with Crippen LogP contribution in [0.3, 0.4) is 0 Å². The molecule has 20 heteroatoms. The summed E-state index contributed by atoms with van der Waals surface area (Å²) in [7, 11) is 0. The highest BCUT2D eigenvalue weighted by Crippen LogP contribution is 2.77. The van der Waals surface area contributed by atoms with Crippen LogP contribution < -0.4 is 0 Å². The Labute approximate surface area is 149 Å². The molecule has 2 heterocycles. The van der Waals surface area contributed by atoms with Crippen LogP contribution in [-0.4, -0.2) is 64.2 Å². The fourth-order valence-corrected chi connectivity index (χ4v) is 2.87. The SMILES string of the molecule is FC(F)(F)C1(F)N2C(F)(F)C(F)(F)C(F)(F)C(F)(F)C2(F)C(F)(F)C(F)(F)C1(F)F. The normalized spacial score (nSPS) is 40.5. The summed E-state index contributed by atoms with van der Waals surface area (Å²) < 4.78 is 255. The van der Waals surface area contributed by atoms with Gasteiger partial charge in [0.15, 0.2) is 0 Å². The topological polar surface area (TPSA) is 3.24 Å². The average Bonchev–Trinajstić information content (AvgIpc) is 2.49. The molecule has 0 aromatic carbocycles. The molecule has 0 amide bonds. The minimum Gasteiger partial charge on any atom is -0.212 e. The van der Waals surface area contributed by atoms with Gasteiger partial charge in [0.25, 0.3) is 0 Å². The molecule has 1 nitrogen and oxygen atoms in total. The van der Waals surface area contributed by atoms with Crippen molar-refractivity contribution in [3.05, 3.63) is 0 Å². The van der Waals surface area contributed by atoms with E-state index in [1.54, 1.807) is 0 Å². The summed E-state index contributed by atoms with van der Waals surface area (Å²) in [6.07, 6.45) is -8.24. The molecule has 0 aliphatic carbocycles. The van der Waals surface area contributed by atoms with E-state index in [1.807, 2.05) is 0 Å². The second-order valence-electron chi connectivity index (χ2n) is 6.06. The summed E-state index contributed by atoms with van der Waals surface area (Å²) in [6, 6.07) is -8.30. The number of piperidine rings is 2. The third kappa shape index (κ3) is 1.84. The van der Waals surface area contributed by atoms with E-state index in [1.165, 1.54) is 0 Å². The number of hydrogen-bond donors (Lipinski definition) is 0. The summed E-state index contributed by atoms with van der Waals surface area (Å²) in [5, 5.41) is 0. The predicted octanol–water partition coefficient (Wildman–Crippen LogP) is 5.61. The van der Waals surface area contributed by atoms with Gasteiger partial charge < -0.3 is 0 Å². The molecule has 2 fully saturated rings. The summed E-state index contributed by atoms with van der Waals surface area (Å²) >= 11 is 0. The maximum Gasteiger partial charge on any atom is 0.443 e. The zero-order valence-electron chi connectivity index (χ0n) is 12.6. The zero-order valence-corrected chi connectivity index (χ0v) is 12.6. The van der Waals surface area contributed by atoms with Crippen LogP contribution in [0.4, 0.5) is 83.4 Å². The Morgan fingerprint density at radius 3 is 1.00 bits per heavy atom. The molecular formula is C10F19N. The Morgan fingerprint density at radius 2 is 0.700 bits per heavy atom. The number of fused-ring (bicyclic) bond motifs is 1. The lowest BCUT2D eigenvalue weighted by atomic mass is 9.72. The highest BCUT2D eigenvalue weighted by atomic mass is 19.4. The molecule has 2 atom stereocenters. The Hall–Kier alpha value is -1.37. The molecule has 178 valence electrons. The Balaban J connectivity index is 3.25. The van der Waals surface area contributed by atoms with Crippen molar-refractivity contribution in [1.82, 2.24) is 4.90 Å². The Kier molecular flexibility index (Phi) is 4.28. The van der Waals surface area contributed by atoms with Gasteiger partial charge in [0, 0.05) is 0 Å². The van der Waals surface area contributed by atoms with Gasteiger partial charge >= 0.3 is 59.3 Å². The average molecular weight is 495 g/mol. The van der Waals surface area contributed by atoms with Crippen LogP contribution in [0.15, 0.2) is 0 Å². The van der Waals surface area contributed by atoms with Crippen LogP contribution in [0.25, 0.3) is 0 Å². The van der Waals surface area contributed by atoms with E-state index in [9.17, 15) is 83.4 Å². The third-order valence-corrected chi connectivity index (χ3v) is 4.48. The lowest BCUT2D eigenvalue weighted by Gasteiger charge is -2.64. The minimum atomic E-state index is -8.48. The standard InChI is InChI=1S/C10F19N/c11-1(12)3(15,16)7(23)4(17,18)2(13,14)6(21,22)10(28,29)30(7)8(24,5(1,19)20)9(25,26)27. The smallest absolute Gasteiger partial charge is 0.212 e. The lowest BCUT2D eigenvalue weighted by Crippen LogP contribution is -2.98. The van der Waals surface area contributed by atoms with Gasteiger partial charge in [-0.25, -0.2) is 8.78 Å². The molecule has 0 spiro atoms. The van der Waals surface area contributed by atoms with Gasteiger partial charge in [0.1, 0.15) is 0 Å². The molecule has 2 unspecified atom stereocenters. The van der Waals surface area contributed by atoms with E-state index >= 15 is 0 Å². The molecule has 2 aliphatic rings. The van der Waals surface area contributed by atoms with Crippen molar-refractivity contribution in [3.8, 4) is 0 Å². The van der Waals surface area contributed by atoms with Crippen molar-refractivity contribution in [1.29, 1.82) is 0 Å². The molecule has 0 aromatic rings. The zero-order chi connectivity index (χ0) is 24.6. The molecule has 0 bridgehead atoms. The lowest BCUT2D eigenvalue weighted by molar-refractivity contribution is -0.593. The van der Waals surface area contributed by atoms with Crippen LogP contribution in [0, 0.1) is 0 Å². The van der Waals surface area contributed by atoms with Crippen molar-refractivity contribution < 1.29 is 83.4 Å². The molecule has 0 saturated carbocycles. The summed E-state index contributed by atoms with van der Waals surface area (Å²) in [5.74, 6) is -67.0. The fourth-order valence-electron chi connectivity index (χ4n) is 2.87. The van der Waals surface area contributed by atoms with E-state index < -0.39 is 64.2 Å². The number of alkyl halides is 19. The van der Waals surface area contributed by atoms with Crippen molar-refractivity contribution in [2.24, 2.45) is 0 Å². The fraction of sp³-hybridized carbons (Fsp3) is 1.00. The van der Waals surface area contributed by atoms with Crippen molar-refractivity contribution in [3.63, 3.8) is 0 Å². The van der Waals surface area contributed by atoms with Crippen LogP contribution in [0.2, 0.25) is 0 Å². The van der Waals surface area contributed by atoms with Gasteiger partial charge in [-0.15, -0.1) is 4.90 Å². The monoisotopic (exact) mass is 495 g/mol. The second-order valence-corrected chi connectivity index (χ2v) is 6.06. The van der Waals surface area contributed by atoms with E-state index in [-0.39, 0.29) is 0 Å². The summed E-state index contributed by atoms with van der Waals surface area (Å²) in [6.45, 7) is 0. The van der Waals surface area contributed by atoms with Gasteiger partial charge in [-0.1, -0.05) is 0 Å². The van der Waals surface area contributed by atoms with Gasteiger partial charge in [0.2, 0.25) is 0 Å². The highest BCUT2D eigenvalue weighted by molar-refractivity contribution is 5.32. The van der Waals surface area contributed by atoms with Crippen molar-refractivity contribution >= 4 is 0 Å².